The first kappa shape index (κ1) is 33.6. The number of nitrogens with zero attached hydrogens (tertiary/aromatic N) is 1. The Morgan fingerprint density at radius 2 is 1.58 bits per heavy atom. The highest BCUT2D eigenvalue weighted by Crippen LogP contribution is 2.36. The molecule has 1 aliphatic heterocycles. The molecule has 1 fully saturated rings. The SMILES string of the molecule is CCC(CC)NC(=O)Nc1ccc(Oc2ccc(NC(=O)c3ccc(OC4CCN(CCCO)CC4)cc3)cc2C)c(OC)c1. The summed E-state index contributed by atoms with van der Waals surface area (Å²) in [5.41, 5.74) is 2.60. The fourth-order valence-electron chi connectivity index (χ4n) is 5.26. The third kappa shape index (κ3) is 9.86. The Kier molecular flexibility index (Phi) is 12.5. The summed E-state index contributed by atoms with van der Waals surface area (Å²) in [4.78, 5) is 27.7. The topological polar surface area (TPSA) is 121 Å². The Morgan fingerprint density at radius 1 is 0.911 bits per heavy atom. The molecule has 0 bridgehead atoms. The second-order valence-electron chi connectivity index (χ2n) is 11.3. The van der Waals surface area contributed by atoms with Crippen LogP contribution in [0.2, 0.25) is 0 Å². The van der Waals surface area contributed by atoms with Crippen molar-refractivity contribution in [1.82, 2.24) is 10.2 Å². The highest BCUT2D eigenvalue weighted by molar-refractivity contribution is 6.04. The van der Waals surface area contributed by atoms with Crippen molar-refractivity contribution in [3.8, 4) is 23.0 Å². The predicted octanol–water partition coefficient (Wildman–Crippen LogP) is 6.58. The van der Waals surface area contributed by atoms with E-state index in [1.807, 2.05) is 39.0 Å². The molecule has 1 aliphatic rings. The van der Waals surface area contributed by atoms with Gasteiger partial charge < -0.3 is 40.2 Å². The highest BCUT2D eigenvalue weighted by atomic mass is 16.5. The number of ether oxygens (including phenoxy) is 3. The number of aliphatic hydroxyl groups is 1. The molecule has 3 aromatic carbocycles. The summed E-state index contributed by atoms with van der Waals surface area (Å²) < 4.78 is 17.8. The molecule has 1 saturated heterocycles. The van der Waals surface area contributed by atoms with E-state index in [9.17, 15) is 9.59 Å². The lowest BCUT2D eigenvalue weighted by Gasteiger charge is -2.32. The molecule has 0 aliphatic carbocycles. The summed E-state index contributed by atoms with van der Waals surface area (Å²) in [6.07, 6.45) is 4.56. The number of nitrogens with one attached hydrogen (secondary N) is 3. The van der Waals surface area contributed by atoms with Gasteiger partial charge in [0.25, 0.3) is 5.91 Å². The summed E-state index contributed by atoms with van der Waals surface area (Å²) in [5.74, 6) is 2.12. The van der Waals surface area contributed by atoms with E-state index in [0.717, 1.165) is 63.1 Å². The molecule has 10 heteroatoms. The molecule has 4 rings (SSSR count). The lowest BCUT2D eigenvalue weighted by molar-refractivity contribution is 0.0963. The van der Waals surface area contributed by atoms with Gasteiger partial charge in [0.2, 0.25) is 0 Å². The zero-order chi connectivity index (χ0) is 32.2. The maximum Gasteiger partial charge on any atom is 0.319 e. The van der Waals surface area contributed by atoms with Gasteiger partial charge in [0.1, 0.15) is 17.6 Å². The number of anilines is 2. The maximum absolute atomic E-state index is 13.0. The molecule has 3 amide bonds. The zero-order valence-corrected chi connectivity index (χ0v) is 26.7. The third-order valence-electron chi connectivity index (χ3n) is 7.98. The quantitative estimate of drug-likeness (QED) is 0.161. The molecule has 10 nitrogen and oxygen atoms in total. The number of likely N-dealkylation sites (tertiary alicyclic amines) is 1. The number of carbonyl (C=O) groups is 2. The second-order valence-corrected chi connectivity index (χ2v) is 11.3. The maximum atomic E-state index is 13.0. The van der Waals surface area contributed by atoms with Gasteiger partial charge >= 0.3 is 6.03 Å². The van der Waals surface area contributed by atoms with E-state index in [-0.39, 0.29) is 30.7 Å². The van der Waals surface area contributed by atoms with Crippen molar-refractivity contribution in [2.75, 3.05) is 44.0 Å². The van der Waals surface area contributed by atoms with Crippen LogP contribution in [-0.2, 0) is 0 Å². The molecule has 0 spiro atoms. The van der Waals surface area contributed by atoms with Crippen molar-refractivity contribution in [1.29, 1.82) is 0 Å². The number of hydrogen-bond acceptors (Lipinski definition) is 7. The number of piperidine rings is 1. The third-order valence-corrected chi connectivity index (χ3v) is 7.98. The summed E-state index contributed by atoms with van der Waals surface area (Å²) in [5, 5.41) is 17.8. The molecule has 4 N–H and O–H groups in total. The van der Waals surface area contributed by atoms with Gasteiger partial charge in [-0.25, -0.2) is 4.79 Å². The Labute approximate surface area is 266 Å². The van der Waals surface area contributed by atoms with E-state index < -0.39 is 0 Å². The second kappa shape index (κ2) is 16.7. The summed E-state index contributed by atoms with van der Waals surface area (Å²) in [6.45, 7) is 9.05. The average Bonchev–Trinajstić information content (AvgIpc) is 3.05. The smallest absolute Gasteiger partial charge is 0.319 e. The molecule has 0 saturated carbocycles. The molecule has 3 aromatic rings. The Morgan fingerprint density at radius 3 is 2.20 bits per heavy atom. The van der Waals surface area contributed by atoms with E-state index in [0.29, 0.717) is 34.2 Å². The van der Waals surface area contributed by atoms with Crippen LogP contribution in [-0.4, -0.2) is 67.4 Å². The number of aliphatic hydroxyl groups excluding tert-OH is 1. The molecular formula is C35H46N4O6. The van der Waals surface area contributed by atoms with Crippen molar-refractivity contribution in [3.63, 3.8) is 0 Å². The normalized spacial score (nSPS) is 13.7. The average molecular weight is 619 g/mol. The van der Waals surface area contributed by atoms with Crippen LogP contribution in [0.5, 0.6) is 23.0 Å². The number of methoxy groups -OCH3 is 1. The Balaban J connectivity index is 1.30. The number of hydrogen-bond donors (Lipinski definition) is 4. The standard InChI is InChI=1S/C35H46N4O6/c1-5-26(6-2)37-35(42)38-28-11-15-32(33(23-28)43-4)45-31-14-10-27(22-24(31)3)36-34(41)25-8-12-29(13-9-25)44-30-16-19-39(20-17-30)18-7-21-40/h8-15,22-23,26,30,40H,5-7,16-21H2,1-4H3,(H,36,41)(H2,37,38,42). The monoisotopic (exact) mass is 618 g/mol. The molecule has 45 heavy (non-hydrogen) atoms. The minimum Gasteiger partial charge on any atom is -0.493 e. The van der Waals surface area contributed by atoms with Crippen LogP contribution >= 0.6 is 0 Å². The van der Waals surface area contributed by atoms with Crippen LogP contribution in [0, 0.1) is 6.92 Å². The molecule has 1 heterocycles. The van der Waals surface area contributed by atoms with Crippen LogP contribution < -0.4 is 30.2 Å². The minimum atomic E-state index is -0.264. The van der Waals surface area contributed by atoms with Gasteiger partial charge in [-0.1, -0.05) is 13.8 Å². The number of amides is 3. The van der Waals surface area contributed by atoms with Gasteiger partial charge in [0, 0.05) is 55.3 Å². The van der Waals surface area contributed by atoms with Crippen molar-refractivity contribution in [2.45, 2.75) is 65.0 Å². The van der Waals surface area contributed by atoms with Crippen LogP contribution in [0.25, 0.3) is 0 Å². The van der Waals surface area contributed by atoms with Crippen molar-refractivity contribution in [3.05, 3.63) is 71.8 Å². The summed E-state index contributed by atoms with van der Waals surface area (Å²) in [6, 6.07) is 17.7. The number of benzene rings is 3. The zero-order valence-electron chi connectivity index (χ0n) is 26.7. The van der Waals surface area contributed by atoms with Gasteiger partial charge in [-0.15, -0.1) is 0 Å². The highest BCUT2D eigenvalue weighted by Gasteiger charge is 2.20. The van der Waals surface area contributed by atoms with Crippen LogP contribution in [0.15, 0.2) is 60.7 Å². The van der Waals surface area contributed by atoms with Gasteiger partial charge in [0.15, 0.2) is 11.5 Å². The van der Waals surface area contributed by atoms with Gasteiger partial charge in [-0.05, 0) is 99.2 Å². The van der Waals surface area contributed by atoms with Crippen LogP contribution in [0.3, 0.4) is 0 Å². The first-order valence-electron chi connectivity index (χ1n) is 15.8. The van der Waals surface area contributed by atoms with Crippen molar-refractivity contribution >= 4 is 23.3 Å². The molecular weight excluding hydrogens is 572 g/mol. The Hall–Kier alpha value is -4.28. The summed E-state index contributed by atoms with van der Waals surface area (Å²) >= 11 is 0. The molecule has 0 aromatic heterocycles. The fourth-order valence-corrected chi connectivity index (χ4v) is 5.26. The van der Waals surface area contributed by atoms with E-state index in [4.69, 9.17) is 19.3 Å². The largest absolute Gasteiger partial charge is 0.493 e. The van der Waals surface area contributed by atoms with Crippen molar-refractivity contribution in [2.24, 2.45) is 0 Å². The minimum absolute atomic E-state index is 0.119. The number of rotatable bonds is 14. The molecule has 0 atom stereocenters. The molecule has 0 radical (unpaired) electrons. The fraction of sp³-hybridized carbons (Fsp3) is 0.429. The van der Waals surface area contributed by atoms with Gasteiger partial charge in [-0.2, -0.15) is 0 Å². The first-order valence-corrected chi connectivity index (χ1v) is 15.8. The van der Waals surface area contributed by atoms with E-state index in [1.165, 1.54) is 0 Å². The van der Waals surface area contributed by atoms with E-state index >= 15 is 0 Å². The van der Waals surface area contributed by atoms with Crippen LogP contribution in [0.1, 0.15) is 61.9 Å². The molecule has 0 unspecified atom stereocenters. The summed E-state index contributed by atoms with van der Waals surface area (Å²) in [7, 11) is 1.55. The van der Waals surface area contributed by atoms with Crippen molar-refractivity contribution < 1.29 is 28.9 Å². The lowest BCUT2D eigenvalue weighted by atomic mass is 10.1. The lowest BCUT2D eigenvalue weighted by Crippen LogP contribution is -2.38. The number of carbonyl (C=O) groups excluding carboxylic acids is 2. The van der Waals surface area contributed by atoms with Gasteiger partial charge in [0.05, 0.1) is 7.11 Å². The van der Waals surface area contributed by atoms with E-state index in [2.05, 4.69) is 20.9 Å². The first-order chi connectivity index (χ1) is 21.8. The number of aryl methyl sites for hydroxylation is 1. The molecule has 242 valence electrons. The van der Waals surface area contributed by atoms with E-state index in [1.54, 1.807) is 49.6 Å². The Bertz CT molecular complexity index is 1400. The number of urea groups is 1. The van der Waals surface area contributed by atoms with Gasteiger partial charge in [-0.3, -0.25) is 4.79 Å². The predicted molar refractivity (Wildman–Crippen MR) is 177 cm³/mol. The van der Waals surface area contributed by atoms with Crippen LogP contribution in [0.4, 0.5) is 16.2 Å².